The molecule has 5 nitrogen and oxygen atoms in total. The third-order valence-electron chi connectivity index (χ3n) is 6.42. The van der Waals surface area contributed by atoms with Crippen LogP contribution in [0.15, 0.2) is 60.7 Å². The largest absolute Gasteiger partial charge is 0.330 e. The highest BCUT2D eigenvalue weighted by Crippen LogP contribution is 2.33. The van der Waals surface area contributed by atoms with Crippen LogP contribution in [0.4, 0.5) is 13.2 Å². The van der Waals surface area contributed by atoms with E-state index in [2.05, 4.69) is 0 Å². The topological polar surface area (TPSA) is 64.2 Å². The van der Waals surface area contributed by atoms with Gasteiger partial charge in [0.1, 0.15) is 23.3 Å². The zero-order valence-corrected chi connectivity index (χ0v) is 21.2. The lowest BCUT2D eigenvalue weighted by molar-refractivity contribution is 0.0600. The quantitative estimate of drug-likeness (QED) is 0.302. The molecule has 1 amide bonds. The summed E-state index contributed by atoms with van der Waals surface area (Å²) in [4.78, 5) is 20.2. The van der Waals surface area contributed by atoms with E-state index in [0.29, 0.717) is 31.4 Å². The average molecular weight is 509 g/mol. The van der Waals surface area contributed by atoms with Crippen LogP contribution in [-0.4, -0.2) is 33.4 Å². The van der Waals surface area contributed by atoms with E-state index in [9.17, 15) is 18.0 Å². The first-order valence-electron chi connectivity index (χ1n) is 12.4. The van der Waals surface area contributed by atoms with E-state index in [-0.39, 0.29) is 23.8 Å². The van der Waals surface area contributed by atoms with Crippen molar-refractivity contribution in [2.75, 3.05) is 13.1 Å². The fraction of sp³-hybridized carbons (Fsp3) is 0.310. The van der Waals surface area contributed by atoms with E-state index in [0.717, 1.165) is 28.2 Å². The number of amides is 1. The van der Waals surface area contributed by atoms with Crippen molar-refractivity contribution in [2.24, 2.45) is 11.7 Å². The summed E-state index contributed by atoms with van der Waals surface area (Å²) in [5, 5.41) is 0. The van der Waals surface area contributed by atoms with Crippen molar-refractivity contribution in [2.45, 2.75) is 39.8 Å². The van der Waals surface area contributed by atoms with Gasteiger partial charge in [-0.15, -0.1) is 0 Å². The fourth-order valence-electron chi connectivity index (χ4n) is 4.71. The summed E-state index contributed by atoms with van der Waals surface area (Å²) in [6, 6.07) is 14.7. The molecule has 0 unspecified atom stereocenters. The molecule has 0 fully saturated rings. The second-order valence-electron chi connectivity index (χ2n) is 9.63. The Balaban J connectivity index is 1.88. The van der Waals surface area contributed by atoms with Gasteiger partial charge in [-0.3, -0.25) is 4.79 Å². The molecule has 4 rings (SSSR count). The Hall–Kier alpha value is -3.65. The second kappa shape index (κ2) is 11.2. The molecule has 0 aliphatic carbocycles. The van der Waals surface area contributed by atoms with Crippen molar-refractivity contribution in [1.82, 2.24) is 14.5 Å². The molecule has 3 aromatic carbocycles. The Morgan fingerprint density at radius 3 is 2.46 bits per heavy atom. The molecule has 1 aromatic heterocycles. The summed E-state index contributed by atoms with van der Waals surface area (Å²) in [6.45, 7) is 6.83. The lowest BCUT2D eigenvalue weighted by atomic mass is 9.99. The number of imidazole rings is 1. The monoisotopic (exact) mass is 508 g/mol. The Labute approximate surface area is 214 Å². The van der Waals surface area contributed by atoms with Gasteiger partial charge in [0.2, 0.25) is 0 Å². The van der Waals surface area contributed by atoms with Gasteiger partial charge in [0, 0.05) is 19.2 Å². The van der Waals surface area contributed by atoms with E-state index < -0.39 is 23.6 Å². The van der Waals surface area contributed by atoms with Crippen LogP contribution < -0.4 is 5.73 Å². The van der Waals surface area contributed by atoms with Gasteiger partial charge in [-0.2, -0.15) is 0 Å². The Kier molecular flexibility index (Phi) is 7.97. The summed E-state index contributed by atoms with van der Waals surface area (Å²) in [5.74, 6) is -2.09. The highest BCUT2D eigenvalue weighted by atomic mass is 19.1. The van der Waals surface area contributed by atoms with E-state index in [4.69, 9.17) is 10.7 Å². The molecule has 4 aromatic rings. The van der Waals surface area contributed by atoms with Crippen LogP contribution in [0.25, 0.3) is 11.0 Å². The molecule has 37 heavy (non-hydrogen) atoms. The number of rotatable bonds is 9. The van der Waals surface area contributed by atoms with Crippen LogP contribution in [0.5, 0.6) is 0 Å². The van der Waals surface area contributed by atoms with Gasteiger partial charge < -0.3 is 15.2 Å². The molecule has 0 saturated carbocycles. The minimum absolute atomic E-state index is 0.116. The predicted molar refractivity (Wildman–Crippen MR) is 139 cm³/mol. The number of nitrogens with zero attached hydrogens (tertiary/aromatic N) is 3. The van der Waals surface area contributed by atoms with Crippen molar-refractivity contribution < 1.29 is 18.0 Å². The highest BCUT2D eigenvalue weighted by Gasteiger charge is 2.33. The number of aryl methyl sites for hydroxylation is 1. The Morgan fingerprint density at radius 2 is 1.78 bits per heavy atom. The summed E-state index contributed by atoms with van der Waals surface area (Å²) in [7, 11) is 0. The number of hydrogen-bond acceptors (Lipinski definition) is 3. The van der Waals surface area contributed by atoms with Crippen LogP contribution >= 0.6 is 0 Å². The molecule has 0 spiro atoms. The smallest absolute Gasteiger partial charge is 0.257 e. The highest BCUT2D eigenvalue weighted by molar-refractivity contribution is 5.95. The number of fused-ring (bicyclic) bond motifs is 1. The third-order valence-corrected chi connectivity index (χ3v) is 6.42. The maximum absolute atomic E-state index is 14.7. The lowest BCUT2D eigenvalue weighted by Crippen LogP contribution is -2.40. The minimum Gasteiger partial charge on any atom is -0.330 e. The van der Waals surface area contributed by atoms with Crippen LogP contribution in [-0.2, 0) is 6.54 Å². The van der Waals surface area contributed by atoms with Gasteiger partial charge in [-0.25, -0.2) is 18.2 Å². The molecule has 0 saturated heterocycles. The van der Waals surface area contributed by atoms with E-state index in [1.807, 2.05) is 49.6 Å². The number of carbonyl (C=O) groups is 1. The maximum atomic E-state index is 14.7. The first-order chi connectivity index (χ1) is 17.7. The molecule has 0 aliphatic heterocycles. The number of aromatic nitrogens is 2. The van der Waals surface area contributed by atoms with Crippen molar-refractivity contribution in [1.29, 1.82) is 0 Å². The van der Waals surface area contributed by atoms with E-state index in [1.165, 1.54) is 18.2 Å². The SMILES string of the molecule is Cc1ccc2c(c1)nc([C@@H](C(C)C)N(CCCN)C(=O)c1ccc(F)cc1F)n2Cc1cccc(F)c1. The molecule has 0 aliphatic rings. The van der Waals surface area contributed by atoms with Gasteiger partial charge in [0.15, 0.2) is 0 Å². The first-order valence-corrected chi connectivity index (χ1v) is 12.4. The van der Waals surface area contributed by atoms with Gasteiger partial charge in [0.25, 0.3) is 5.91 Å². The van der Waals surface area contributed by atoms with Crippen LogP contribution in [0.2, 0.25) is 0 Å². The standard InChI is InChI=1S/C29H31F3N4O/c1-18(2)27(35(13-5-12-33)29(37)23-10-9-22(31)16-24(23)32)28-34-25-14-19(3)8-11-26(25)36(28)17-20-6-4-7-21(30)15-20/h4,6-11,14-16,18,27H,5,12-13,17,33H2,1-3H3/t27-/m1/s1. The molecule has 0 radical (unpaired) electrons. The Bertz CT molecular complexity index is 1420. The normalized spacial score (nSPS) is 12.3. The molecule has 194 valence electrons. The lowest BCUT2D eigenvalue weighted by Gasteiger charge is -2.34. The zero-order valence-electron chi connectivity index (χ0n) is 21.2. The van der Waals surface area contributed by atoms with E-state index >= 15 is 0 Å². The maximum Gasteiger partial charge on any atom is 0.257 e. The summed E-state index contributed by atoms with van der Waals surface area (Å²) < 4.78 is 44.3. The number of hydrogen-bond donors (Lipinski definition) is 1. The fourth-order valence-corrected chi connectivity index (χ4v) is 4.71. The number of halogens is 3. The number of nitrogens with two attached hydrogens (primary N) is 1. The first kappa shape index (κ1) is 26.4. The van der Waals surface area contributed by atoms with Crippen LogP contribution in [0, 0.1) is 30.3 Å². The molecule has 8 heteroatoms. The summed E-state index contributed by atoms with van der Waals surface area (Å²) in [5.41, 5.74) is 8.93. The third kappa shape index (κ3) is 5.69. The van der Waals surface area contributed by atoms with Crippen LogP contribution in [0.1, 0.15) is 53.6 Å². The van der Waals surface area contributed by atoms with E-state index in [1.54, 1.807) is 11.0 Å². The summed E-state index contributed by atoms with van der Waals surface area (Å²) in [6.07, 6.45) is 0.487. The molecule has 1 heterocycles. The molecular formula is C29H31F3N4O. The van der Waals surface area contributed by atoms with Crippen molar-refractivity contribution in [3.63, 3.8) is 0 Å². The van der Waals surface area contributed by atoms with Gasteiger partial charge in [-0.1, -0.05) is 32.0 Å². The summed E-state index contributed by atoms with van der Waals surface area (Å²) >= 11 is 0. The minimum atomic E-state index is -0.922. The number of carbonyl (C=O) groups excluding carboxylic acids is 1. The number of benzene rings is 3. The van der Waals surface area contributed by atoms with Gasteiger partial charge >= 0.3 is 0 Å². The van der Waals surface area contributed by atoms with Crippen molar-refractivity contribution in [3.8, 4) is 0 Å². The van der Waals surface area contributed by atoms with Crippen LogP contribution in [0.3, 0.4) is 0 Å². The second-order valence-corrected chi connectivity index (χ2v) is 9.63. The Morgan fingerprint density at radius 1 is 1.03 bits per heavy atom. The van der Waals surface area contributed by atoms with Gasteiger partial charge in [-0.05, 0) is 73.3 Å². The van der Waals surface area contributed by atoms with Gasteiger partial charge in [0.05, 0.1) is 22.6 Å². The molecule has 1 atom stereocenters. The predicted octanol–water partition coefficient (Wildman–Crippen LogP) is 6.00. The molecular weight excluding hydrogens is 477 g/mol. The van der Waals surface area contributed by atoms with Crippen molar-refractivity contribution in [3.05, 3.63) is 101 Å². The van der Waals surface area contributed by atoms with Crippen molar-refractivity contribution >= 4 is 16.9 Å². The molecule has 2 N–H and O–H groups in total. The average Bonchev–Trinajstić information content (AvgIpc) is 3.17. The zero-order chi connectivity index (χ0) is 26.7. The molecule has 0 bridgehead atoms.